The third kappa shape index (κ3) is 3.37. The first-order valence-corrected chi connectivity index (χ1v) is 7.04. The molecule has 114 valence electrons. The van der Waals surface area contributed by atoms with Gasteiger partial charge in [-0.3, -0.25) is 4.90 Å². The molecule has 2 aromatic rings. The summed E-state index contributed by atoms with van der Waals surface area (Å²) in [5.41, 5.74) is 1.89. The van der Waals surface area contributed by atoms with E-state index in [1.165, 1.54) is 0 Å². The summed E-state index contributed by atoms with van der Waals surface area (Å²) in [4.78, 5) is 6.74. The number of hydrogen-bond donors (Lipinski definition) is 1. The Morgan fingerprint density at radius 3 is 2.95 bits per heavy atom. The van der Waals surface area contributed by atoms with E-state index in [9.17, 15) is 0 Å². The molecule has 0 bridgehead atoms. The van der Waals surface area contributed by atoms with Crippen LogP contribution in [-0.4, -0.2) is 41.7 Å². The number of piperazine rings is 1. The minimum Gasteiger partial charge on any atom is -0.334 e. The molecule has 1 aromatic heterocycles. The molecule has 0 amide bonds. The molecule has 1 saturated heterocycles. The van der Waals surface area contributed by atoms with Crippen LogP contribution in [0.15, 0.2) is 22.7 Å². The molecule has 5 nitrogen and oxygen atoms in total. The maximum Gasteiger partial charge on any atom is 0.258 e. The Balaban J connectivity index is 0.00000161. The molecule has 0 spiro atoms. The zero-order valence-corrected chi connectivity index (χ0v) is 13.5. The molecular weight excluding hydrogens is 311 g/mol. The molecule has 1 unspecified atom stereocenters. The van der Waals surface area contributed by atoms with Gasteiger partial charge in [-0.15, -0.1) is 12.4 Å². The van der Waals surface area contributed by atoms with Gasteiger partial charge < -0.3 is 9.84 Å². The average molecular weight is 329 g/mol. The van der Waals surface area contributed by atoms with Crippen molar-refractivity contribution in [2.75, 3.05) is 26.7 Å². The van der Waals surface area contributed by atoms with Gasteiger partial charge in [0.15, 0.2) is 5.82 Å². The van der Waals surface area contributed by atoms with E-state index in [1.807, 2.05) is 25.1 Å². The van der Waals surface area contributed by atoms with Crippen LogP contribution in [0.1, 0.15) is 17.4 Å². The van der Waals surface area contributed by atoms with Crippen molar-refractivity contribution < 1.29 is 4.52 Å². The third-order valence-electron chi connectivity index (χ3n) is 3.67. The third-order valence-corrected chi connectivity index (χ3v) is 4.08. The zero-order chi connectivity index (χ0) is 14.1. The van der Waals surface area contributed by atoms with Gasteiger partial charge in [0.1, 0.15) is 0 Å². The second-order valence-corrected chi connectivity index (χ2v) is 5.53. The first-order valence-electron chi connectivity index (χ1n) is 6.66. The fourth-order valence-electron chi connectivity index (χ4n) is 2.31. The van der Waals surface area contributed by atoms with E-state index in [4.69, 9.17) is 16.1 Å². The highest BCUT2D eigenvalue weighted by Crippen LogP contribution is 2.26. The van der Waals surface area contributed by atoms with Gasteiger partial charge in [-0.2, -0.15) is 4.98 Å². The lowest BCUT2D eigenvalue weighted by molar-refractivity contribution is 0.190. The van der Waals surface area contributed by atoms with Gasteiger partial charge in [-0.25, -0.2) is 0 Å². The van der Waals surface area contributed by atoms with Crippen molar-refractivity contribution in [3.63, 3.8) is 0 Å². The van der Waals surface area contributed by atoms with Crippen molar-refractivity contribution >= 4 is 24.0 Å². The number of likely N-dealkylation sites (N-methyl/N-ethyl adjacent to an activating group) is 1. The molecule has 0 radical (unpaired) electrons. The lowest BCUT2D eigenvalue weighted by Crippen LogP contribution is -2.44. The fourth-order valence-corrected chi connectivity index (χ4v) is 2.49. The van der Waals surface area contributed by atoms with Crippen LogP contribution in [0.2, 0.25) is 5.02 Å². The monoisotopic (exact) mass is 328 g/mol. The Morgan fingerprint density at radius 1 is 1.43 bits per heavy atom. The number of aromatic nitrogens is 2. The van der Waals surface area contributed by atoms with Gasteiger partial charge in [0.05, 0.1) is 6.04 Å². The highest BCUT2D eigenvalue weighted by Gasteiger charge is 2.25. The van der Waals surface area contributed by atoms with Crippen LogP contribution in [0.4, 0.5) is 0 Å². The van der Waals surface area contributed by atoms with Gasteiger partial charge in [-0.05, 0) is 31.7 Å². The quantitative estimate of drug-likeness (QED) is 0.918. The fraction of sp³-hybridized carbons (Fsp3) is 0.429. The number of halogens is 2. The molecule has 7 heteroatoms. The number of aryl methyl sites for hydroxylation is 1. The first kappa shape index (κ1) is 16.2. The summed E-state index contributed by atoms with van der Waals surface area (Å²) in [6.07, 6.45) is 0. The summed E-state index contributed by atoms with van der Waals surface area (Å²) in [6.45, 7) is 4.77. The Hall–Kier alpha value is -1.14. The topological polar surface area (TPSA) is 54.2 Å². The largest absolute Gasteiger partial charge is 0.334 e. The predicted molar refractivity (Wildman–Crippen MR) is 85.0 cm³/mol. The van der Waals surface area contributed by atoms with Crippen LogP contribution < -0.4 is 5.32 Å². The van der Waals surface area contributed by atoms with Gasteiger partial charge in [-0.1, -0.05) is 22.8 Å². The minimum atomic E-state index is 0. The van der Waals surface area contributed by atoms with Crippen LogP contribution in [0.3, 0.4) is 0 Å². The summed E-state index contributed by atoms with van der Waals surface area (Å²) in [5.74, 6) is 1.23. The van der Waals surface area contributed by atoms with Gasteiger partial charge >= 0.3 is 0 Å². The van der Waals surface area contributed by atoms with Crippen LogP contribution in [0.5, 0.6) is 0 Å². The molecular formula is C14H18Cl2N4O. The first-order chi connectivity index (χ1) is 9.65. The van der Waals surface area contributed by atoms with Crippen molar-refractivity contribution in [3.8, 4) is 11.5 Å². The average Bonchev–Trinajstić information content (AvgIpc) is 2.92. The molecule has 1 fully saturated rings. The number of hydrogen-bond acceptors (Lipinski definition) is 5. The molecule has 21 heavy (non-hydrogen) atoms. The molecule has 3 rings (SSSR count). The van der Waals surface area contributed by atoms with Crippen molar-refractivity contribution in [2.45, 2.75) is 13.0 Å². The van der Waals surface area contributed by atoms with Gasteiger partial charge in [0.25, 0.3) is 5.89 Å². The standard InChI is InChI=1S/C14H17ClN4O.ClH/c1-9-3-4-10(7-11(9)15)14-17-13(18-20-14)12-8-16-5-6-19(12)2;/h3-4,7,12,16H,5-6,8H2,1-2H3;1H. The maximum absolute atomic E-state index is 6.13. The molecule has 1 N–H and O–H groups in total. The molecule has 2 heterocycles. The molecule has 0 aliphatic carbocycles. The Kier molecular flexibility index (Phi) is 5.22. The van der Waals surface area contributed by atoms with Crippen LogP contribution >= 0.6 is 24.0 Å². The molecule has 1 aliphatic rings. The molecule has 1 aliphatic heterocycles. The zero-order valence-electron chi connectivity index (χ0n) is 12.0. The summed E-state index contributed by atoms with van der Waals surface area (Å²) in [6, 6.07) is 5.91. The Labute approximate surface area is 135 Å². The normalized spacial score (nSPS) is 19.3. The number of rotatable bonds is 2. The molecule has 0 saturated carbocycles. The lowest BCUT2D eigenvalue weighted by Gasteiger charge is -2.30. The SMILES string of the molecule is Cc1ccc(-c2nc(C3CNCCN3C)no2)cc1Cl.Cl. The highest BCUT2D eigenvalue weighted by molar-refractivity contribution is 6.31. The minimum absolute atomic E-state index is 0. The summed E-state index contributed by atoms with van der Waals surface area (Å²) in [5, 5.41) is 8.16. The molecule has 1 atom stereocenters. The van der Waals surface area contributed by atoms with Crippen molar-refractivity contribution in [3.05, 3.63) is 34.6 Å². The van der Waals surface area contributed by atoms with Gasteiger partial charge in [0, 0.05) is 30.2 Å². The van der Waals surface area contributed by atoms with E-state index in [1.54, 1.807) is 0 Å². The Morgan fingerprint density at radius 2 is 2.24 bits per heavy atom. The second-order valence-electron chi connectivity index (χ2n) is 5.12. The van der Waals surface area contributed by atoms with Crippen molar-refractivity contribution in [1.82, 2.24) is 20.4 Å². The van der Waals surface area contributed by atoms with Crippen LogP contribution in [-0.2, 0) is 0 Å². The lowest BCUT2D eigenvalue weighted by atomic mass is 10.1. The Bertz CT molecular complexity index is 617. The number of nitrogens with zero attached hydrogens (tertiary/aromatic N) is 3. The van der Waals surface area contributed by atoms with Gasteiger partial charge in [0.2, 0.25) is 0 Å². The highest BCUT2D eigenvalue weighted by atomic mass is 35.5. The van der Waals surface area contributed by atoms with E-state index >= 15 is 0 Å². The predicted octanol–water partition coefficient (Wildman–Crippen LogP) is 2.70. The van der Waals surface area contributed by atoms with Crippen molar-refractivity contribution in [2.24, 2.45) is 0 Å². The van der Waals surface area contributed by atoms with E-state index in [2.05, 4.69) is 27.4 Å². The maximum atomic E-state index is 6.13. The van der Waals surface area contributed by atoms with Crippen LogP contribution in [0.25, 0.3) is 11.5 Å². The smallest absolute Gasteiger partial charge is 0.258 e. The van der Waals surface area contributed by atoms with Crippen LogP contribution in [0, 0.1) is 6.92 Å². The summed E-state index contributed by atoms with van der Waals surface area (Å²) >= 11 is 6.13. The number of nitrogens with one attached hydrogen (secondary N) is 1. The van der Waals surface area contributed by atoms with E-state index in [0.29, 0.717) is 16.7 Å². The summed E-state index contributed by atoms with van der Waals surface area (Å²) in [7, 11) is 2.07. The second kappa shape index (κ2) is 6.75. The van der Waals surface area contributed by atoms with E-state index in [-0.39, 0.29) is 18.4 Å². The number of benzene rings is 1. The van der Waals surface area contributed by atoms with E-state index in [0.717, 1.165) is 30.8 Å². The summed E-state index contributed by atoms with van der Waals surface area (Å²) < 4.78 is 5.37. The van der Waals surface area contributed by atoms with E-state index < -0.39 is 0 Å². The van der Waals surface area contributed by atoms with Crippen molar-refractivity contribution in [1.29, 1.82) is 0 Å². The molecule has 1 aromatic carbocycles.